The van der Waals surface area contributed by atoms with Crippen LogP contribution in [-0.4, -0.2) is 21.7 Å². The van der Waals surface area contributed by atoms with Gasteiger partial charge in [-0.2, -0.15) is 0 Å². The Hall–Kier alpha value is -3.42. The van der Waals surface area contributed by atoms with Crippen LogP contribution in [-0.2, 0) is 11.2 Å². The molecule has 7 heteroatoms. The fourth-order valence-corrected chi connectivity index (χ4v) is 3.49. The van der Waals surface area contributed by atoms with E-state index in [1.807, 2.05) is 0 Å². The Kier molecular flexibility index (Phi) is 5.16. The van der Waals surface area contributed by atoms with Gasteiger partial charge in [-0.05, 0) is 41.5 Å². The first-order valence-electron chi connectivity index (χ1n) is 8.76. The van der Waals surface area contributed by atoms with Gasteiger partial charge < -0.3 is 14.3 Å². The number of fused-ring (bicyclic) bond motifs is 1. The summed E-state index contributed by atoms with van der Waals surface area (Å²) >= 11 is -1.16. The SMILES string of the molecule is C[S+]([O-])c1cccc(-c2cc(=O)c3cccc(NC(=O)c4ccccn4)c3o2)c1. The summed E-state index contributed by atoms with van der Waals surface area (Å²) in [6, 6.07) is 18.4. The second-order valence-corrected chi connectivity index (χ2v) is 7.69. The van der Waals surface area contributed by atoms with E-state index < -0.39 is 17.1 Å². The highest BCUT2D eigenvalue weighted by Crippen LogP contribution is 2.28. The second-order valence-electron chi connectivity index (χ2n) is 6.31. The number of carbonyl (C=O) groups is 1. The maximum absolute atomic E-state index is 12.7. The van der Waals surface area contributed by atoms with E-state index in [1.54, 1.807) is 66.9 Å². The molecule has 1 amide bonds. The predicted octanol–water partition coefficient (Wildman–Crippen LogP) is 3.84. The van der Waals surface area contributed by atoms with Crippen LogP contribution in [0.1, 0.15) is 10.5 Å². The molecule has 29 heavy (non-hydrogen) atoms. The summed E-state index contributed by atoms with van der Waals surface area (Å²) in [4.78, 5) is 29.8. The Bertz CT molecular complexity index is 1250. The first kappa shape index (κ1) is 18.9. The lowest BCUT2D eigenvalue weighted by Crippen LogP contribution is -2.14. The highest BCUT2D eigenvalue weighted by atomic mass is 32.2. The smallest absolute Gasteiger partial charge is 0.274 e. The van der Waals surface area contributed by atoms with Crippen molar-refractivity contribution in [1.29, 1.82) is 0 Å². The van der Waals surface area contributed by atoms with Gasteiger partial charge in [0.15, 0.2) is 15.9 Å². The maximum Gasteiger partial charge on any atom is 0.274 e. The molecule has 0 aliphatic carbocycles. The number of pyridine rings is 1. The van der Waals surface area contributed by atoms with E-state index in [2.05, 4.69) is 10.3 Å². The summed E-state index contributed by atoms with van der Waals surface area (Å²) in [7, 11) is 0. The topological polar surface area (TPSA) is 95.3 Å². The van der Waals surface area contributed by atoms with Crippen molar-refractivity contribution in [3.63, 3.8) is 0 Å². The summed E-state index contributed by atoms with van der Waals surface area (Å²) < 4.78 is 17.8. The zero-order chi connectivity index (χ0) is 20.4. The largest absolute Gasteiger partial charge is 0.612 e. The molecule has 0 saturated carbocycles. The second kappa shape index (κ2) is 7.90. The quantitative estimate of drug-likeness (QED) is 0.521. The van der Waals surface area contributed by atoms with Gasteiger partial charge in [0.25, 0.3) is 5.91 Å². The Balaban J connectivity index is 1.80. The molecule has 0 bridgehead atoms. The number of hydrogen-bond donors (Lipinski definition) is 1. The Morgan fingerprint density at radius 2 is 1.90 bits per heavy atom. The van der Waals surface area contributed by atoms with E-state index in [-0.39, 0.29) is 16.7 Å². The zero-order valence-electron chi connectivity index (χ0n) is 15.4. The molecule has 0 radical (unpaired) electrons. The number of carbonyl (C=O) groups excluding carboxylic acids is 1. The zero-order valence-corrected chi connectivity index (χ0v) is 16.2. The highest BCUT2D eigenvalue weighted by molar-refractivity contribution is 7.90. The third-order valence-electron chi connectivity index (χ3n) is 4.35. The number of rotatable bonds is 4. The number of nitrogens with one attached hydrogen (secondary N) is 1. The molecule has 0 aliphatic heterocycles. The number of aromatic nitrogens is 1. The van der Waals surface area contributed by atoms with Crippen molar-refractivity contribution in [2.45, 2.75) is 4.90 Å². The molecule has 1 unspecified atom stereocenters. The van der Waals surface area contributed by atoms with Crippen molar-refractivity contribution < 1.29 is 13.8 Å². The molecule has 1 atom stereocenters. The third kappa shape index (κ3) is 3.91. The summed E-state index contributed by atoms with van der Waals surface area (Å²) in [5.41, 5.74) is 1.27. The number of hydrogen-bond acceptors (Lipinski definition) is 5. The highest BCUT2D eigenvalue weighted by Gasteiger charge is 2.15. The standard InChI is InChI=1S/C22H16N2O4S/c1-29(27)15-7-4-6-14(12-15)20-13-19(25)16-8-5-10-17(21(16)28-20)24-22(26)18-9-2-3-11-23-18/h2-13H,1H3,(H,24,26). The van der Waals surface area contributed by atoms with Crippen molar-refractivity contribution in [3.8, 4) is 11.3 Å². The average Bonchev–Trinajstić information content (AvgIpc) is 2.75. The minimum atomic E-state index is -1.16. The number of nitrogens with zero attached hydrogens (tertiary/aromatic N) is 1. The van der Waals surface area contributed by atoms with Crippen LogP contribution in [0.5, 0.6) is 0 Å². The van der Waals surface area contributed by atoms with Crippen molar-refractivity contribution >= 4 is 33.7 Å². The van der Waals surface area contributed by atoms with Gasteiger partial charge in [0, 0.05) is 23.9 Å². The van der Waals surface area contributed by atoms with Crippen molar-refractivity contribution in [3.05, 3.63) is 88.8 Å². The predicted molar refractivity (Wildman–Crippen MR) is 112 cm³/mol. The Labute approximate surface area is 169 Å². The van der Waals surface area contributed by atoms with Crippen LogP contribution >= 0.6 is 0 Å². The van der Waals surface area contributed by atoms with Crippen molar-refractivity contribution in [2.75, 3.05) is 11.6 Å². The Morgan fingerprint density at radius 1 is 1.07 bits per heavy atom. The number of anilines is 1. The molecule has 2 heterocycles. The fraction of sp³-hybridized carbons (Fsp3) is 0.0455. The summed E-state index contributed by atoms with van der Waals surface area (Å²) in [5, 5.41) is 3.10. The summed E-state index contributed by atoms with van der Waals surface area (Å²) in [6.07, 6.45) is 3.11. The molecule has 4 aromatic rings. The molecule has 2 aromatic heterocycles. The van der Waals surface area contributed by atoms with Crippen LogP contribution in [0.3, 0.4) is 0 Å². The van der Waals surface area contributed by atoms with Gasteiger partial charge in [0.05, 0.1) is 11.1 Å². The summed E-state index contributed by atoms with van der Waals surface area (Å²) in [6.45, 7) is 0. The van der Waals surface area contributed by atoms with Gasteiger partial charge in [-0.1, -0.05) is 24.3 Å². The monoisotopic (exact) mass is 404 g/mol. The molecule has 1 N–H and O–H groups in total. The number of amides is 1. The van der Waals surface area contributed by atoms with Crippen molar-refractivity contribution in [2.24, 2.45) is 0 Å². The van der Waals surface area contributed by atoms with E-state index in [9.17, 15) is 14.1 Å². The van der Waals surface area contributed by atoms with E-state index in [4.69, 9.17) is 4.42 Å². The minimum Gasteiger partial charge on any atom is -0.612 e. The molecular weight excluding hydrogens is 388 g/mol. The maximum atomic E-state index is 12.7. The van der Waals surface area contributed by atoms with Crippen molar-refractivity contribution in [1.82, 2.24) is 4.98 Å². The molecule has 2 aromatic carbocycles. The number of para-hydroxylation sites is 1. The lowest BCUT2D eigenvalue weighted by molar-refractivity contribution is 0.102. The Morgan fingerprint density at radius 3 is 2.66 bits per heavy atom. The lowest BCUT2D eigenvalue weighted by atomic mass is 10.1. The van der Waals surface area contributed by atoms with Crippen LogP contribution in [0.4, 0.5) is 5.69 Å². The molecule has 0 spiro atoms. The minimum absolute atomic E-state index is 0.238. The first-order chi connectivity index (χ1) is 14.0. The molecule has 4 rings (SSSR count). The van der Waals surface area contributed by atoms with E-state index in [0.717, 1.165) is 0 Å². The lowest BCUT2D eigenvalue weighted by Gasteiger charge is -2.10. The van der Waals surface area contributed by atoms with Crippen LogP contribution in [0.2, 0.25) is 0 Å². The molecule has 144 valence electrons. The summed E-state index contributed by atoms with van der Waals surface area (Å²) in [5.74, 6) is -0.0798. The molecule has 0 saturated heterocycles. The van der Waals surface area contributed by atoms with E-state index in [0.29, 0.717) is 27.3 Å². The molecule has 0 aliphatic rings. The van der Waals surface area contributed by atoms with E-state index in [1.165, 1.54) is 12.3 Å². The molecule has 0 fully saturated rings. The van der Waals surface area contributed by atoms with Crippen LogP contribution in [0, 0.1) is 0 Å². The van der Waals surface area contributed by atoms with Gasteiger partial charge >= 0.3 is 0 Å². The van der Waals surface area contributed by atoms with Gasteiger partial charge in [0.2, 0.25) is 0 Å². The normalized spacial score (nSPS) is 11.9. The van der Waals surface area contributed by atoms with Gasteiger partial charge in [0.1, 0.15) is 17.7 Å². The van der Waals surface area contributed by atoms with Crippen LogP contribution in [0.25, 0.3) is 22.3 Å². The van der Waals surface area contributed by atoms with Crippen LogP contribution in [0.15, 0.2) is 87.0 Å². The van der Waals surface area contributed by atoms with E-state index >= 15 is 0 Å². The third-order valence-corrected chi connectivity index (χ3v) is 5.27. The number of benzene rings is 2. The van der Waals surface area contributed by atoms with Gasteiger partial charge in [-0.3, -0.25) is 14.6 Å². The van der Waals surface area contributed by atoms with Gasteiger partial charge in [-0.15, -0.1) is 0 Å². The fourth-order valence-electron chi connectivity index (χ4n) is 2.93. The molecule has 6 nitrogen and oxygen atoms in total. The average molecular weight is 404 g/mol. The molecular formula is C22H16N2O4S. The first-order valence-corrected chi connectivity index (χ1v) is 10.3. The van der Waals surface area contributed by atoms with Crippen LogP contribution < -0.4 is 10.7 Å². The van der Waals surface area contributed by atoms with Gasteiger partial charge in [-0.25, -0.2) is 0 Å².